The largest absolute Gasteiger partial charge is 0.497 e. The van der Waals surface area contributed by atoms with Crippen LogP contribution >= 0.6 is 24.8 Å². The van der Waals surface area contributed by atoms with Crippen LogP contribution in [0, 0.1) is 0 Å². The molecule has 104 valence electrons. The number of hydrogen-bond acceptors (Lipinski definition) is 4. The number of nitrogens with one attached hydrogen (secondary N) is 1. The quantitative estimate of drug-likeness (QED) is 0.735. The summed E-state index contributed by atoms with van der Waals surface area (Å²) in [4.78, 5) is 11.0. The van der Waals surface area contributed by atoms with E-state index in [2.05, 4.69) is 5.32 Å². The summed E-state index contributed by atoms with van der Waals surface area (Å²) in [5.74, 6) is -0.217. The number of hydrogen-bond donors (Lipinski definition) is 3. The third-order valence-electron chi connectivity index (χ3n) is 2.19. The van der Waals surface area contributed by atoms with Crippen LogP contribution < -0.4 is 15.8 Å². The Kier molecular flexibility index (Phi) is 10.7. The van der Waals surface area contributed by atoms with Crippen molar-refractivity contribution in [2.24, 2.45) is 5.73 Å². The monoisotopic (exact) mass is 296 g/mol. The molecule has 7 heteroatoms. The molecule has 1 aromatic carbocycles. The Balaban J connectivity index is 0. The van der Waals surface area contributed by atoms with Crippen molar-refractivity contribution in [3.63, 3.8) is 0 Å². The minimum absolute atomic E-state index is 0. The van der Waals surface area contributed by atoms with E-state index >= 15 is 0 Å². The van der Waals surface area contributed by atoms with Crippen LogP contribution in [0.25, 0.3) is 0 Å². The highest BCUT2D eigenvalue weighted by Gasteiger charge is 2.18. The first-order valence-corrected chi connectivity index (χ1v) is 4.99. The summed E-state index contributed by atoms with van der Waals surface area (Å²) in [6.07, 6.45) is 0. The van der Waals surface area contributed by atoms with Crippen LogP contribution in [0.1, 0.15) is 11.6 Å². The highest BCUT2D eigenvalue weighted by atomic mass is 35.5. The summed E-state index contributed by atoms with van der Waals surface area (Å²) in [5.41, 5.74) is 6.01. The van der Waals surface area contributed by atoms with Crippen molar-refractivity contribution >= 4 is 30.8 Å². The molecule has 0 saturated heterocycles. The lowest BCUT2D eigenvalue weighted by molar-refractivity contribution is -0.139. The minimum atomic E-state index is -0.918. The molecule has 0 aliphatic heterocycles. The van der Waals surface area contributed by atoms with E-state index in [1.807, 2.05) is 0 Å². The number of carbonyl (C=O) groups is 1. The van der Waals surface area contributed by atoms with Gasteiger partial charge in [-0.3, -0.25) is 10.1 Å². The molecule has 0 fully saturated rings. The van der Waals surface area contributed by atoms with Gasteiger partial charge in [0.15, 0.2) is 0 Å². The molecule has 1 unspecified atom stereocenters. The Hall–Kier alpha value is -1.01. The minimum Gasteiger partial charge on any atom is -0.497 e. The van der Waals surface area contributed by atoms with Gasteiger partial charge in [0, 0.05) is 13.1 Å². The second kappa shape index (κ2) is 9.96. The summed E-state index contributed by atoms with van der Waals surface area (Å²) in [6.45, 7) is 0.864. The highest BCUT2D eigenvalue weighted by Crippen LogP contribution is 2.17. The molecular weight excluding hydrogens is 279 g/mol. The van der Waals surface area contributed by atoms with E-state index < -0.39 is 12.0 Å². The molecule has 0 aliphatic rings. The molecule has 0 heterocycles. The average Bonchev–Trinajstić information content (AvgIpc) is 2.30. The van der Waals surface area contributed by atoms with Crippen LogP contribution in [0.15, 0.2) is 24.3 Å². The van der Waals surface area contributed by atoms with Crippen LogP contribution in [0.4, 0.5) is 0 Å². The predicted molar refractivity (Wildman–Crippen MR) is 74.9 cm³/mol. The van der Waals surface area contributed by atoms with E-state index in [1.165, 1.54) is 0 Å². The molecule has 18 heavy (non-hydrogen) atoms. The molecule has 0 aromatic heterocycles. The Labute approximate surface area is 119 Å². The van der Waals surface area contributed by atoms with Crippen molar-refractivity contribution in [2.75, 3.05) is 20.2 Å². The van der Waals surface area contributed by atoms with Gasteiger partial charge in [-0.05, 0) is 17.7 Å². The normalized spacial score (nSPS) is 10.8. The molecule has 5 nitrogen and oxygen atoms in total. The fourth-order valence-corrected chi connectivity index (χ4v) is 1.37. The average molecular weight is 297 g/mol. The summed E-state index contributed by atoms with van der Waals surface area (Å²) in [5, 5.41) is 11.9. The summed E-state index contributed by atoms with van der Waals surface area (Å²) in [7, 11) is 1.57. The highest BCUT2D eigenvalue weighted by molar-refractivity contribution is 5.85. The maximum atomic E-state index is 11.0. The van der Waals surface area contributed by atoms with E-state index in [9.17, 15) is 4.79 Å². The molecule has 1 aromatic rings. The molecule has 0 aliphatic carbocycles. The third-order valence-corrected chi connectivity index (χ3v) is 2.19. The lowest BCUT2D eigenvalue weighted by Gasteiger charge is -2.14. The van der Waals surface area contributed by atoms with Crippen molar-refractivity contribution in [3.8, 4) is 5.75 Å². The van der Waals surface area contributed by atoms with Gasteiger partial charge < -0.3 is 15.6 Å². The van der Waals surface area contributed by atoms with Crippen molar-refractivity contribution in [1.29, 1.82) is 0 Å². The molecule has 0 spiro atoms. The van der Waals surface area contributed by atoms with Crippen LogP contribution in [-0.4, -0.2) is 31.3 Å². The second-order valence-electron chi connectivity index (χ2n) is 3.29. The fourth-order valence-electron chi connectivity index (χ4n) is 1.37. The lowest BCUT2D eigenvalue weighted by Crippen LogP contribution is -2.32. The van der Waals surface area contributed by atoms with Gasteiger partial charge in [0.2, 0.25) is 0 Å². The Bertz CT molecular complexity index is 347. The number of halogens is 2. The Morgan fingerprint density at radius 3 is 2.33 bits per heavy atom. The summed E-state index contributed by atoms with van der Waals surface area (Å²) >= 11 is 0. The zero-order valence-electron chi connectivity index (χ0n) is 9.96. The third kappa shape index (κ3) is 5.55. The first kappa shape index (κ1) is 19.3. The Morgan fingerprint density at radius 1 is 1.39 bits per heavy atom. The number of carboxylic acids is 1. The zero-order chi connectivity index (χ0) is 12.0. The maximum absolute atomic E-state index is 11.0. The molecule has 0 bridgehead atoms. The smallest absolute Gasteiger partial charge is 0.325 e. The van der Waals surface area contributed by atoms with Gasteiger partial charge >= 0.3 is 5.97 Å². The van der Waals surface area contributed by atoms with Crippen molar-refractivity contribution < 1.29 is 14.6 Å². The molecule has 1 atom stereocenters. The number of ether oxygens (including phenoxy) is 1. The van der Waals surface area contributed by atoms with Gasteiger partial charge in [0.1, 0.15) is 11.8 Å². The van der Waals surface area contributed by atoms with E-state index in [0.29, 0.717) is 24.4 Å². The van der Waals surface area contributed by atoms with Crippen LogP contribution in [0.3, 0.4) is 0 Å². The number of benzene rings is 1. The maximum Gasteiger partial charge on any atom is 0.325 e. The number of aliphatic carboxylic acids is 1. The van der Waals surface area contributed by atoms with E-state index in [-0.39, 0.29) is 24.8 Å². The van der Waals surface area contributed by atoms with Gasteiger partial charge in [0.25, 0.3) is 0 Å². The Morgan fingerprint density at radius 2 is 1.94 bits per heavy atom. The first-order chi connectivity index (χ1) is 7.69. The zero-order valence-corrected chi connectivity index (χ0v) is 11.6. The molecule has 1 rings (SSSR count). The van der Waals surface area contributed by atoms with Crippen LogP contribution in [0.5, 0.6) is 5.75 Å². The number of rotatable bonds is 6. The van der Waals surface area contributed by atoms with Gasteiger partial charge in [0.05, 0.1) is 7.11 Å². The first-order valence-electron chi connectivity index (χ1n) is 4.99. The van der Waals surface area contributed by atoms with Crippen molar-refractivity contribution in [2.45, 2.75) is 6.04 Å². The van der Waals surface area contributed by atoms with Crippen LogP contribution in [0.2, 0.25) is 0 Å². The van der Waals surface area contributed by atoms with Gasteiger partial charge in [-0.15, -0.1) is 24.8 Å². The van der Waals surface area contributed by atoms with Crippen molar-refractivity contribution in [1.82, 2.24) is 5.32 Å². The number of carboxylic acid groups (broad SMARTS) is 1. The molecule has 0 amide bonds. The molecular formula is C11H18Cl2N2O3. The van der Waals surface area contributed by atoms with Gasteiger partial charge in [-0.25, -0.2) is 0 Å². The van der Waals surface area contributed by atoms with Crippen LogP contribution in [-0.2, 0) is 4.79 Å². The SMILES string of the molecule is COc1ccc(C(NCCN)C(=O)O)cc1.Cl.Cl. The van der Waals surface area contributed by atoms with E-state index in [0.717, 1.165) is 0 Å². The molecule has 4 N–H and O–H groups in total. The summed E-state index contributed by atoms with van der Waals surface area (Å²) in [6, 6.07) is 6.18. The summed E-state index contributed by atoms with van der Waals surface area (Å²) < 4.78 is 5.00. The van der Waals surface area contributed by atoms with Gasteiger partial charge in [-0.2, -0.15) is 0 Å². The second-order valence-corrected chi connectivity index (χ2v) is 3.29. The molecule has 0 radical (unpaired) electrons. The lowest BCUT2D eigenvalue weighted by atomic mass is 10.1. The standard InChI is InChI=1S/C11H16N2O3.2ClH/c1-16-9-4-2-8(3-5-9)10(11(14)15)13-7-6-12;;/h2-5,10,13H,6-7,12H2,1H3,(H,14,15);2*1H. The molecule has 0 saturated carbocycles. The van der Waals surface area contributed by atoms with Crippen molar-refractivity contribution in [3.05, 3.63) is 29.8 Å². The number of nitrogens with two attached hydrogens (primary N) is 1. The van der Waals surface area contributed by atoms with Gasteiger partial charge in [-0.1, -0.05) is 12.1 Å². The fraction of sp³-hybridized carbons (Fsp3) is 0.364. The van der Waals surface area contributed by atoms with E-state index in [4.69, 9.17) is 15.6 Å². The van der Waals surface area contributed by atoms with E-state index in [1.54, 1.807) is 31.4 Å². The predicted octanol–water partition coefficient (Wildman–Crippen LogP) is 1.21. The number of methoxy groups -OCH3 is 1. The topological polar surface area (TPSA) is 84.6 Å².